The maximum absolute atomic E-state index is 13.5. The number of nitrogens with one attached hydrogen (secondary N) is 2. The first-order valence-electron chi connectivity index (χ1n) is 10.3. The molecule has 1 unspecified atom stereocenters. The number of halogens is 2. The van der Waals surface area contributed by atoms with Crippen LogP contribution in [0, 0.1) is 12.7 Å². The van der Waals surface area contributed by atoms with Crippen LogP contribution in [0.2, 0.25) is 5.02 Å². The number of aromatic nitrogens is 3. The minimum Gasteiger partial charge on any atom is -0.324 e. The second kappa shape index (κ2) is 8.52. The first-order valence-corrected chi connectivity index (χ1v) is 10.7. The van der Waals surface area contributed by atoms with Crippen molar-refractivity contribution in [2.45, 2.75) is 13.0 Å². The van der Waals surface area contributed by atoms with E-state index in [1.54, 1.807) is 41.1 Å². The largest absolute Gasteiger partial charge is 0.324 e. The molecule has 1 aliphatic rings. The summed E-state index contributed by atoms with van der Waals surface area (Å²) in [6.45, 7) is 1.96. The number of rotatable bonds is 4. The fourth-order valence-electron chi connectivity index (χ4n) is 3.62. The van der Waals surface area contributed by atoms with Crippen molar-refractivity contribution in [1.29, 1.82) is 0 Å². The van der Waals surface area contributed by atoms with Crippen molar-refractivity contribution in [3.8, 4) is 0 Å². The molecule has 1 aromatic heterocycles. The van der Waals surface area contributed by atoms with E-state index < -0.39 is 0 Å². The monoisotopic (exact) mass is 459 g/mol. The molecule has 0 saturated carbocycles. The van der Waals surface area contributed by atoms with Gasteiger partial charge in [-0.2, -0.15) is 4.98 Å². The minimum absolute atomic E-state index is 0.168. The lowest BCUT2D eigenvalue weighted by atomic mass is 10.0. The van der Waals surface area contributed by atoms with Gasteiger partial charge >= 0.3 is 0 Å². The molecule has 2 N–H and O–H groups in total. The molecule has 0 spiro atoms. The van der Waals surface area contributed by atoms with Crippen molar-refractivity contribution in [3.63, 3.8) is 0 Å². The first-order chi connectivity index (χ1) is 16.0. The molecule has 8 heteroatoms. The molecule has 1 aliphatic heterocycles. The molecule has 0 bridgehead atoms. The lowest BCUT2D eigenvalue weighted by molar-refractivity contribution is 0.102. The van der Waals surface area contributed by atoms with Crippen LogP contribution in [-0.4, -0.2) is 20.7 Å². The highest BCUT2D eigenvalue weighted by molar-refractivity contribution is 6.30. The lowest BCUT2D eigenvalue weighted by Gasteiger charge is -2.24. The van der Waals surface area contributed by atoms with E-state index in [9.17, 15) is 9.18 Å². The topological polar surface area (TPSA) is 71.8 Å². The summed E-state index contributed by atoms with van der Waals surface area (Å²) in [5.74, 6) is -0.00135. The number of aryl methyl sites for hydroxylation is 1. The molecule has 164 valence electrons. The van der Waals surface area contributed by atoms with Gasteiger partial charge in [0.05, 0.1) is 0 Å². The molecular formula is C25H19ClFN5O. The van der Waals surface area contributed by atoms with Gasteiger partial charge in [0.2, 0.25) is 5.95 Å². The highest BCUT2D eigenvalue weighted by Gasteiger charge is 2.26. The van der Waals surface area contributed by atoms with Crippen LogP contribution in [0.15, 0.2) is 78.9 Å². The van der Waals surface area contributed by atoms with Crippen LogP contribution in [-0.2, 0) is 0 Å². The Morgan fingerprint density at radius 1 is 1.03 bits per heavy atom. The fraction of sp³-hybridized carbons (Fsp3) is 0.0800. The van der Waals surface area contributed by atoms with Crippen LogP contribution in [0.3, 0.4) is 0 Å². The molecular weight excluding hydrogens is 441 g/mol. The van der Waals surface area contributed by atoms with Crippen LogP contribution >= 0.6 is 11.6 Å². The number of anilines is 2. The van der Waals surface area contributed by atoms with E-state index >= 15 is 0 Å². The predicted molar refractivity (Wildman–Crippen MR) is 127 cm³/mol. The van der Waals surface area contributed by atoms with Crippen LogP contribution < -0.4 is 10.6 Å². The van der Waals surface area contributed by atoms with Crippen LogP contribution in [0.1, 0.15) is 33.1 Å². The Bertz CT molecular complexity index is 1350. The Morgan fingerprint density at radius 2 is 1.73 bits per heavy atom. The summed E-state index contributed by atoms with van der Waals surface area (Å²) in [7, 11) is 0. The van der Waals surface area contributed by atoms with Gasteiger partial charge in [0.1, 0.15) is 11.9 Å². The summed E-state index contributed by atoms with van der Waals surface area (Å²) in [4.78, 5) is 17.1. The molecule has 0 saturated heterocycles. The van der Waals surface area contributed by atoms with Gasteiger partial charge in [-0.25, -0.2) is 9.07 Å². The quantitative estimate of drug-likeness (QED) is 0.411. The molecule has 3 aromatic carbocycles. The van der Waals surface area contributed by atoms with Gasteiger partial charge < -0.3 is 5.32 Å². The van der Waals surface area contributed by atoms with Crippen molar-refractivity contribution in [2.75, 3.05) is 10.6 Å². The number of nitrogens with zero attached hydrogens (tertiary/aromatic N) is 3. The minimum atomic E-state index is -0.356. The number of hydrogen-bond acceptors (Lipinski definition) is 4. The lowest BCUT2D eigenvalue weighted by Crippen LogP contribution is -2.20. The molecule has 0 aliphatic carbocycles. The van der Waals surface area contributed by atoms with Gasteiger partial charge in [0.25, 0.3) is 11.9 Å². The summed E-state index contributed by atoms with van der Waals surface area (Å²) in [5, 5.41) is 11.2. The normalized spacial score (nSPS) is 14.8. The van der Waals surface area contributed by atoms with Crippen LogP contribution in [0.4, 0.5) is 16.3 Å². The maximum Gasteiger partial charge on any atom is 0.258 e. The summed E-state index contributed by atoms with van der Waals surface area (Å²) in [6, 6.07) is 20.5. The number of fused-ring (bicyclic) bond motifs is 1. The highest BCUT2D eigenvalue weighted by atomic mass is 35.5. The third kappa shape index (κ3) is 4.36. The van der Waals surface area contributed by atoms with E-state index in [0.717, 1.165) is 22.4 Å². The molecule has 0 fully saturated rings. The molecule has 5 rings (SSSR count). The SMILES string of the molecule is Cc1ccc(C(=O)Nc2nc3n(n2)C(c2ccc(F)cc2)C=C(c2ccc(Cl)cc2)N3)cc1. The summed E-state index contributed by atoms with van der Waals surface area (Å²) in [5.41, 5.74) is 4.11. The second-order valence-electron chi connectivity index (χ2n) is 7.73. The maximum atomic E-state index is 13.5. The third-order valence-corrected chi connectivity index (χ3v) is 5.62. The summed E-state index contributed by atoms with van der Waals surface area (Å²) >= 11 is 6.04. The van der Waals surface area contributed by atoms with Gasteiger partial charge in [0, 0.05) is 16.3 Å². The molecule has 1 atom stereocenters. The second-order valence-corrected chi connectivity index (χ2v) is 8.17. The average Bonchev–Trinajstić information content (AvgIpc) is 3.22. The number of hydrogen-bond donors (Lipinski definition) is 2. The Balaban J connectivity index is 1.50. The molecule has 2 heterocycles. The summed E-state index contributed by atoms with van der Waals surface area (Å²) in [6.07, 6.45) is 1.98. The smallest absolute Gasteiger partial charge is 0.258 e. The van der Waals surface area contributed by atoms with Crippen molar-refractivity contribution in [3.05, 3.63) is 112 Å². The van der Waals surface area contributed by atoms with Crippen molar-refractivity contribution in [2.24, 2.45) is 0 Å². The number of amides is 1. The van der Waals surface area contributed by atoms with Crippen molar-refractivity contribution >= 4 is 35.1 Å². The van der Waals surface area contributed by atoms with E-state index in [2.05, 4.69) is 20.7 Å². The van der Waals surface area contributed by atoms with Gasteiger partial charge in [0.15, 0.2) is 0 Å². The zero-order valence-corrected chi connectivity index (χ0v) is 18.3. The number of carbonyl (C=O) groups excluding carboxylic acids is 1. The van der Waals surface area contributed by atoms with Gasteiger partial charge in [-0.3, -0.25) is 10.1 Å². The van der Waals surface area contributed by atoms with Crippen molar-refractivity contribution in [1.82, 2.24) is 14.8 Å². The van der Waals surface area contributed by atoms with Crippen LogP contribution in [0.5, 0.6) is 0 Å². The number of benzene rings is 3. The Morgan fingerprint density at radius 3 is 2.42 bits per heavy atom. The standard InChI is InChI=1S/C25H19ClFN5O/c1-15-2-4-18(5-3-15)23(33)29-24-30-25-28-21(16-6-10-19(26)11-7-16)14-22(32(25)31-24)17-8-12-20(27)13-9-17/h2-14,22H,1H3,(H2,28,29,30,31,33). The van der Waals surface area contributed by atoms with Gasteiger partial charge in [-0.05, 0) is 60.5 Å². The Kier molecular flexibility index (Phi) is 5.40. The predicted octanol–water partition coefficient (Wildman–Crippen LogP) is 5.69. The first kappa shape index (κ1) is 20.9. The van der Waals surface area contributed by atoms with Crippen LogP contribution in [0.25, 0.3) is 5.70 Å². The Hall–Kier alpha value is -3.97. The fourth-order valence-corrected chi connectivity index (χ4v) is 3.75. The van der Waals surface area contributed by atoms with E-state index in [0.29, 0.717) is 16.5 Å². The summed E-state index contributed by atoms with van der Waals surface area (Å²) < 4.78 is 15.2. The molecule has 33 heavy (non-hydrogen) atoms. The molecule has 4 aromatic rings. The van der Waals surface area contributed by atoms with E-state index in [1.165, 1.54) is 12.1 Å². The molecule has 1 amide bonds. The average molecular weight is 460 g/mol. The van der Waals surface area contributed by atoms with Crippen molar-refractivity contribution < 1.29 is 9.18 Å². The Labute approximate surface area is 194 Å². The zero-order valence-electron chi connectivity index (χ0n) is 17.6. The third-order valence-electron chi connectivity index (χ3n) is 5.37. The zero-order chi connectivity index (χ0) is 22.9. The van der Waals surface area contributed by atoms with Gasteiger partial charge in [-0.15, -0.1) is 5.10 Å². The van der Waals surface area contributed by atoms with E-state index in [-0.39, 0.29) is 23.7 Å². The number of carbonyl (C=O) groups is 1. The molecule has 0 radical (unpaired) electrons. The molecule has 6 nitrogen and oxygen atoms in total. The van der Waals surface area contributed by atoms with E-state index in [4.69, 9.17) is 11.6 Å². The highest BCUT2D eigenvalue weighted by Crippen LogP contribution is 2.33. The van der Waals surface area contributed by atoms with E-state index in [1.807, 2.05) is 37.3 Å². The number of allylic oxidation sites excluding steroid dienone is 1. The van der Waals surface area contributed by atoms with Gasteiger partial charge in [-0.1, -0.05) is 53.6 Å².